The third-order valence-electron chi connectivity index (χ3n) is 10.7. The molecule has 1 aromatic heterocycles. The molecule has 0 spiro atoms. The zero-order chi connectivity index (χ0) is 33.9. The summed E-state index contributed by atoms with van der Waals surface area (Å²) in [5.41, 5.74) is -7.79. The molecule has 3 saturated carbocycles. The molecule has 0 saturated heterocycles. The highest BCUT2D eigenvalue weighted by atomic mass is 32.2. The molecule has 3 fully saturated rings. The van der Waals surface area contributed by atoms with Crippen molar-refractivity contribution >= 4 is 34.6 Å². The molecule has 0 aliphatic heterocycles. The van der Waals surface area contributed by atoms with Gasteiger partial charge in [0.05, 0.1) is 23.5 Å². The first-order valence-corrected chi connectivity index (χ1v) is 16.5. The van der Waals surface area contributed by atoms with E-state index in [1.54, 1.807) is 34.6 Å². The summed E-state index contributed by atoms with van der Waals surface area (Å²) in [6, 6.07) is 2.91. The Balaban J connectivity index is 1.49. The number of halogens is 2. The van der Waals surface area contributed by atoms with Gasteiger partial charge in [-0.3, -0.25) is 14.4 Å². The lowest BCUT2D eigenvalue weighted by Crippen LogP contribution is -2.70. The van der Waals surface area contributed by atoms with Crippen molar-refractivity contribution < 1.29 is 47.0 Å². The first kappa shape index (κ1) is 34.1. The molecule has 0 unspecified atom stereocenters. The van der Waals surface area contributed by atoms with Crippen molar-refractivity contribution in [2.75, 3.05) is 12.4 Å². The second-order valence-corrected chi connectivity index (χ2v) is 15.3. The highest BCUT2D eigenvalue weighted by Gasteiger charge is 2.78. The van der Waals surface area contributed by atoms with Gasteiger partial charge < -0.3 is 19.0 Å². The molecule has 1 heterocycles. The summed E-state index contributed by atoms with van der Waals surface area (Å²) >= 11 is 0.814. The van der Waals surface area contributed by atoms with Gasteiger partial charge in [-0.2, -0.15) is 0 Å². The van der Waals surface area contributed by atoms with E-state index >= 15 is 8.78 Å². The number of allylic oxidation sites excluding steroid dienone is 4. The number of esters is 2. The molecule has 0 aromatic carbocycles. The fraction of sp³-hybridized carbons (Fsp3) is 0.600. The molecule has 0 bridgehead atoms. The standard InChI is InChI=1S/C35H40F2O8S/c1-20-16-22-23-18-25(36)24-17-21(38)11-12-32(24,5)34(23,37)27(39)19-33(22,6)35(20,45-28(40)26-10-9-14-43-26)30(42)46-15-8-7-13-44-29(41)31(2,3)4/h9-12,14,17,20,22-23,25,27,39H,13,15-16,18-19H2,1-6H3/t20-,22+,23+,25+,27+,32+,33+,34+,35+/m1/s1. The average molecular weight is 659 g/mol. The van der Waals surface area contributed by atoms with Crippen molar-refractivity contribution in [3.8, 4) is 11.8 Å². The van der Waals surface area contributed by atoms with Gasteiger partial charge in [0.2, 0.25) is 10.9 Å². The number of fused-ring (bicyclic) bond motifs is 5. The number of thioether (sulfide) groups is 1. The van der Waals surface area contributed by atoms with Crippen LogP contribution in [0.4, 0.5) is 8.78 Å². The van der Waals surface area contributed by atoms with E-state index in [1.807, 2.05) is 0 Å². The normalized spacial score (nSPS) is 38.0. The van der Waals surface area contributed by atoms with Gasteiger partial charge >= 0.3 is 11.9 Å². The fourth-order valence-corrected chi connectivity index (χ4v) is 9.43. The maximum atomic E-state index is 17.7. The largest absolute Gasteiger partial charge is 0.457 e. The van der Waals surface area contributed by atoms with Crippen LogP contribution in [0.2, 0.25) is 0 Å². The average Bonchev–Trinajstić information content (AvgIpc) is 3.59. The molecule has 9 atom stereocenters. The predicted octanol–water partition coefficient (Wildman–Crippen LogP) is 5.59. The molecule has 0 amide bonds. The summed E-state index contributed by atoms with van der Waals surface area (Å²) in [5, 5.41) is 11.2. The van der Waals surface area contributed by atoms with Gasteiger partial charge in [-0.15, -0.1) is 0 Å². The lowest BCUT2D eigenvalue weighted by atomic mass is 9.44. The Morgan fingerprint density at radius 1 is 1.17 bits per heavy atom. The number of rotatable bonds is 5. The summed E-state index contributed by atoms with van der Waals surface area (Å²) in [7, 11) is 0. The molecular weight excluding hydrogens is 618 g/mol. The summed E-state index contributed by atoms with van der Waals surface area (Å²) in [4.78, 5) is 52.0. The second-order valence-electron chi connectivity index (χ2n) is 14.4. The van der Waals surface area contributed by atoms with Crippen molar-refractivity contribution in [3.05, 3.63) is 48.0 Å². The minimum Gasteiger partial charge on any atom is -0.457 e. The van der Waals surface area contributed by atoms with E-state index in [1.165, 1.54) is 37.5 Å². The van der Waals surface area contributed by atoms with Crippen LogP contribution in [-0.4, -0.2) is 63.8 Å². The number of ketones is 1. The highest BCUT2D eigenvalue weighted by molar-refractivity contribution is 8.14. The third kappa shape index (κ3) is 5.07. The van der Waals surface area contributed by atoms with E-state index < -0.39 is 80.4 Å². The summed E-state index contributed by atoms with van der Waals surface area (Å²) < 4.78 is 50.1. The quantitative estimate of drug-likeness (QED) is 0.319. The van der Waals surface area contributed by atoms with E-state index in [2.05, 4.69) is 11.8 Å². The van der Waals surface area contributed by atoms with Gasteiger partial charge in [0.25, 0.3) is 0 Å². The van der Waals surface area contributed by atoms with Crippen molar-refractivity contribution in [1.82, 2.24) is 0 Å². The van der Waals surface area contributed by atoms with E-state index in [-0.39, 0.29) is 43.0 Å². The van der Waals surface area contributed by atoms with Gasteiger partial charge in [0.1, 0.15) is 6.17 Å². The smallest absolute Gasteiger partial charge is 0.375 e. The number of hydrogen-bond donors (Lipinski definition) is 1. The molecule has 11 heteroatoms. The third-order valence-corrected chi connectivity index (χ3v) is 11.6. The Hall–Kier alpha value is -3.23. The molecule has 5 rings (SSSR count). The van der Waals surface area contributed by atoms with Crippen LogP contribution in [0.5, 0.6) is 0 Å². The lowest BCUT2D eigenvalue weighted by Gasteiger charge is -2.63. The van der Waals surface area contributed by atoms with Crippen LogP contribution in [0.25, 0.3) is 0 Å². The zero-order valence-corrected chi connectivity index (χ0v) is 27.7. The van der Waals surface area contributed by atoms with Crippen molar-refractivity contribution in [2.24, 2.45) is 34.0 Å². The molecule has 46 heavy (non-hydrogen) atoms. The molecule has 248 valence electrons. The first-order chi connectivity index (χ1) is 21.4. The number of carbonyl (C=O) groups is 4. The highest BCUT2D eigenvalue weighted by Crippen LogP contribution is 2.72. The Morgan fingerprint density at radius 3 is 2.54 bits per heavy atom. The number of alkyl halides is 2. The van der Waals surface area contributed by atoms with Crippen LogP contribution in [0, 0.1) is 45.8 Å². The molecule has 0 radical (unpaired) electrons. The fourth-order valence-electron chi connectivity index (χ4n) is 8.44. The zero-order valence-electron chi connectivity index (χ0n) is 26.9. The van der Waals surface area contributed by atoms with E-state index in [9.17, 15) is 24.3 Å². The first-order valence-electron chi connectivity index (χ1n) is 15.5. The number of ether oxygens (including phenoxy) is 2. The maximum absolute atomic E-state index is 17.7. The monoisotopic (exact) mass is 658 g/mol. The van der Waals surface area contributed by atoms with Crippen LogP contribution in [0.1, 0.15) is 71.4 Å². The van der Waals surface area contributed by atoms with Gasteiger partial charge in [-0.05, 0) is 82.7 Å². The predicted molar refractivity (Wildman–Crippen MR) is 166 cm³/mol. The van der Waals surface area contributed by atoms with Crippen molar-refractivity contribution in [2.45, 2.75) is 84.4 Å². The summed E-state index contributed by atoms with van der Waals surface area (Å²) in [6.45, 7) is 9.95. The van der Waals surface area contributed by atoms with Crippen molar-refractivity contribution in [3.63, 3.8) is 0 Å². The van der Waals surface area contributed by atoms with E-state index in [0.717, 1.165) is 17.8 Å². The van der Waals surface area contributed by atoms with Crippen LogP contribution >= 0.6 is 11.8 Å². The van der Waals surface area contributed by atoms with E-state index in [4.69, 9.17) is 13.9 Å². The van der Waals surface area contributed by atoms with Crippen LogP contribution in [0.3, 0.4) is 0 Å². The molecular formula is C35H40F2O8S. The Labute approximate surface area is 271 Å². The second kappa shape index (κ2) is 11.8. The molecule has 8 nitrogen and oxygen atoms in total. The Bertz CT molecular complexity index is 1550. The number of carbonyl (C=O) groups excluding carboxylic acids is 4. The minimum atomic E-state index is -2.35. The molecule has 4 aliphatic carbocycles. The topological polar surface area (TPSA) is 120 Å². The van der Waals surface area contributed by atoms with Crippen LogP contribution in [-0.2, 0) is 23.9 Å². The van der Waals surface area contributed by atoms with Gasteiger partial charge in [0, 0.05) is 22.7 Å². The van der Waals surface area contributed by atoms with E-state index in [0.29, 0.717) is 0 Å². The maximum Gasteiger partial charge on any atom is 0.375 e. The van der Waals surface area contributed by atoms with Crippen LogP contribution in [0.15, 0.2) is 46.6 Å². The van der Waals surface area contributed by atoms with Crippen molar-refractivity contribution in [1.29, 1.82) is 0 Å². The molecule has 1 aromatic rings. The minimum absolute atomic E-state index is 0.00125. The Morgan fingerprint density at radius 2 is 1.89 bits per heavy atom. The molecule has 4 aliphatic rings. The SMILES string of the molecule is C[C@@H]1C[C@H]2[C@@H]3C[C@H](F)C4=CC(=O)C=C[C@]4(C)[C@@]3(F)[C@@H](O)C[C@]2(C)[C@@]1(OC(=O)c1ccco1)C(=O)SCC#CCOC(=O)C(C)(C)C. The van der Waals surface area contributed by atoms with Gasteiger partial charge in [-0.25, -0.2) is 13.6 Å². The lowest BCUT2D eigenvalue weighted by molar-refractivity contribution is -0.221. The number of hydrogen-bond acceptors (Lipinski definition) is 9. The molecule has 1 N–H and O–H groups in total. The van der Waals surface area contributed by atoms with Gasteiger partial charge in [0.15, 0.2) is 23.7 Å². The Kier molecular flexibility index (Phi) is 8.74. The summed E-state index contributed by atoms with van der Waals surface area (Å²) in [6.07, 6.45) is 1.31. The summed E-state index contributed by atoms with van der Waals surface area (Å²) in [5.74, 6) is 1.25. The number of aliphatic hydroxyl groups excluding tert-OH is 1. The van der Waals surface area contributed by atoms with Gasteiger partial charge in [-0.1, -0.05) is 43.5 Å². The number of furan rings is 1. The number of aliphatic hydroxyl groups is 1. The van der Waals surface area contributed by atoms with Crippen LogP contribution < -0.4 is 0 Å².